The van der Waals surface area contributed by atoms with Crippen LogP contribution in [0.3, 0.4) is 0 Å². The average molecular weight is 217 g/mol. The number of rotatable bonds is 3. The van der Waals surface area contributed by atoms with Gasteiger partial charge in [0.2, 0.25) is 10.9 Å². The van der Waals surface area contributed by atoms with Gasteiger partial charge in [0.05, 0.1) is 11.3 Å². The minimum Gasteiger partial charge on any atom is -0.507 e. The van der Waals surface area contributed by atoms with Crippen LogP contribution in [0.25, 0.3) is 11.1 Å². The molecule has 2 rings (SSSR count). The predicted octanol–water partition coefficient (Wildman–Crippen LogP) is 1.09. The molecule has 0 aliphatic heterocycles. The Morgan fingerprint density at radius 3 is 2.50 bits per heavy atom. The van der Waals surface area contributed by atoms with Gasteiger partial charge in [-0.15, -0.1) is 0 Å². The maximum absolute atomic E-state index is 11.4. The molecule has 4 heteroatoms. The van der Waals surface area contributed by atoms with Gasteiger partial charge in [-0.05, 0) is 13.0 Å². The van der Waals surface area contributed by atoms with E-state index >= 15 is 0 Å². The number of phenols is 1. The van der Waals surface area contributed by atoms with Crippen LogP contribution in [0, 0.1) is 0 Å². The molecule has 0 amide bonds. The van der Waals surface area contributed by atoms with Crippen molar-refractivity contribution in [2.75, 3.05) is 11.9 Å². The second-order valence-electron chi connectivity index (χ2n) is 3.46. The zero-order chi connectivity index (χ0) is 11.7. The molecule has 0 atom stereocenters. The number of aromatic hydroxyl groups is 1. The van der Waals surface area contributed by atoms with Crippen LogP contribution >= 0.6 is 0 Å². The minimum absolute atomic E-state index is 0.00810. The van der Waals surface area contributed by atoms with E-state index in [0.29, 0.717) is 17.8 Å². The first-order valence-electron chi connectivity index (χ1n) is 5.02. The Hall–Kier alpha value is -2.10. The predicted molar refractivity (Wildman–Crippen MR) is 62.6 cm³/mol. The third kappa shape index (κ3) is 1.39. The van der Waals surface area contributed by atoms with Gasteiger partial charge >= 0.3 is 0 Å². The van der Waals surface area contributed by atoms with E-state index in [0.717, 1.165) is 0 Å². The first-order chi connectivity index (χ1) is 7.66. The van der Waals surface area contributed by atoms with Crippen LogP contribution in [0.15, 0.2) is 33.9 Å². The molecule has 0 saturated heterocycles. The zero-order valence-electron chi connectivity index (χ0n) is 8.78. The molecule has 0 aliphatic rings. The monoisotopic (exact) mass is 217 g/mol. The third-order valence-corrected chi connectivity index (χ3v) is 2.44. The van der Waals surface area contributed by atoms with Gasteiger partial charge < -0.3 is 10.4 Å². The Morgan fingerprint density at radius 2 is 1.88 bits per heavy atom. The molecule has 0 fully saturated rings. The second-order valence-corrected chi connectivity index (χ2v) is 3.46. The highest BCUT2D eigenvalue weighted by atomic mass is 16.3. The maximum Gasteiger partial charge on any atom is 0.250 e. The summed E-state index contributed by atoms with van der Waals surface area (Å²) in [5.74, 6) is 0.00810. The van der Waals surface area contributed by atoms with Crippen molar-refractivity contribution in [1.82, 2.24) is 0 Å². The molecule has 2 aromatic rings. The molecule has 0 spiro atoms. The highest BCUT2D eigenvalue weighted by molar-refractivity contribution is 5.84. The molecular formula is C12H11NO3. The lowest BCUT2D eigenvalue weighted by molar-refractivity contribution is 0.477. The van der Waals surface area contributed by atoms with Crippen molar-refractivity contribution in [3.8, 4) is 16.9 Å². The van der Waals surface area contributed by atoms with Gasteiger partial charge in [-0.25, -0.2) is 0 Å². The van der Waals surface area contributed by atoms with Gasteiger partial charge in [-0.2, -0.15) is 0 Å². The lowest BCUT2D eigenvalue weighted by Crippen LogP contribution is -2.36. The fraction of sp³-hybridized carbons (Fsp3) is 0.167. The van der Waals surface area contributed by atoms with Gasteiger partial charge in [0.25, 0.3) is 0 Å². The van der Waals surface area contributed by atoms with E-state index in [9.17, 15) is 14.7 Å². The molecule has 82 valence electrons. The Morgan fingerprint density at radius 1 is 1.19 bits per heavy atom. The summed E-state index contributed by atoms with van der Waals surface area (Å²) in [5.41, 5.74) is -0.0699. The smallest absolute Gasteiger partial charge is 0.250 e. The molecule has 4 nitrogen and oxygen atoms in total. The molecule has 0 aromatic heterocycles. The van der Waals surface area contributed by atoms with Crippen LogP contribution in [0.5, 0.6) is 5.75 Å². The molecule has 0 heterocycles. The topological polar surface area (TPSA) is 66.4 Å². The summed E-state index contributed by atoms with van der Waals surface area (Å²) >= 11 is 0. The quantitative estimate of drug-likeness (QED) is 0.755. The van der Waals surface area contributed by atoms with Crippen LogP contribution in [0.2, 0.25) is 0 Å². The molecule has 16 heavy (non-hydrogen) atoms. The third-order valence-electron chi connectivity index (χ3n) is 2.44. The molecule has 0 radical (unpaired) electrons. The Labute approximate surface area is 91.9 Å². The summed E-state index contributed by atoms with van der Waals surface area (Å²) in [6.07, 6.45) is 0. The van der Waals surface area contributed by atoms with Crippen molar-refractivity contribution < 1.29 is 5.11 Å². The van der Waals surface area contributed by atoms with Gasteiger partial charge in [-0.1, -0.05) is 18.2 Å². The Balaban J connectivity index is 2.58. The molecule has 0 saturated carbocycles. The largest absolute Gasteiger partial charge is 0.507 e. The SMILES string of the molecule is CCNc1c(-c2ccccc2O)c(=O)c1=O. The summed E-state index contributed by atoms with van der Waals surface area (Å²) in [5, 5.41) is 12.4. The van der Waals surface area contributed by atoms with Gasteiger partial charge in [0, 0.05) is 12.1 Å². The van der Waals surface area contributed by atoms with Crippen molar-refractivity contribution in [2.24, 2.45) is 0 Å². The molecular weight excluding hydrogens is 206 g/mol. The lowest BCUT2D eigenvalue weighted by Gasteiger charge is -2.12. The number of anilines is 1. The summed E-state index contributed by atoms with van der Waals surface area (Å²) in [6.45, 7) is 2.40. The number of hydrogen-bond donors (Lipinski definition) is 2. The second kappa shape index (κ2) is 3.81. The first-order valence-corrected chi connectivity index (χ1v) is 5.02. The van der Waals surface area contributed by atoms with Crippen LogP contribution in [0.1, 0.15) is 6.92 Å². The normalized spacial score (nSPS) is 10.6. The van der Waals surface area contributed by atoms with E-state index in [2.05, 4.69) is 5.32 Å². The molecule has 2 aromatic carbocycles. The van der Waals surface area contributed by atoms with Crippen molar-refractivity contribution in [3.05, 3.63) is 44.7 Å². The summed E-state index contributed by atoms with van der Waals surface area (Å²) in [7, 11) is 0. The van der Waals surface area contributed by atoms with Gasteiger partial charge in [0.15, 0.2) is 0 Å². The summed E-state index contributed by atoms with van der Waals surface area (Å²) in [4.78, 5) is 22.7. The minimum atomic E-state index is -0.544. The van der Waals surface area contributed by atoms with Crippen molar-refractivity contribution in [2.45, 2.75) is 6.92 Å². The Bertz CT molecular complexity index is 594. The van der Waals surface area contributed by atoms with E-state index < -0.39 is 10.9 Å². The number of phenolic OH excluding ortho intramolecular Hbond substituents is 1. The highest BCUT2D eigenvalue weighted by Gasteiger charge is 2.23. The number of benzene rings is 1. The lowest BCUT2D eigenvalue weighted by atomic mass is 9.98. The number of para-hydroxylation sites is 1. The number of nitrogens with one attached hydrogen (secondary N) is 1. The van der Waals surface area contributed by atoms with Crippen LogP contribution in [0.4, 0.5) is 5.69 Å². The van der Waals surface area contributed by atoms with Crippen LogP contribution in [-0.2, 0) is 0 Å². The fourth-order valence-electron chi connectivity index (χ4n) is 1.68. The van der Waals surface area contributed by atoms with E-state index in [1.807, 2.05) is 6.92 Å². The van der Waals surface area contributed by atoms with E-state index in [-0.39, 0.29) is 11.3 Å². The van der Waals surface area contributed by atoms with Crippen molar-refractivity contribution in [3.63, 3.8) is 0 Å². The first kappa shape index (κ1) is 10.4. The number of hydrogen-bond acceptors (Lipinski definition) is 4. The standard InChI is InChI=1S/C12H11NO3/c1-2-13-10-9(11(15)12(10)16)7-5-3-4-6-8(7)14/h3-6,13-14H,2H2,1H3. The van der Waals surface area contributed by atoms with Gasteiger partial charge in [-0.3, -0.25) is 9.59 Å². The van der Waals surface area contributed by atoms with E-state index in [1.165, 1.54) is 6.07 Å². The van der Waals surface area contributed by atoms with Crippen LogP contribution in [-0.4, -0.2) is 11.7 Å². The van der Waals surface area contributed by atoms with Crippen LogP contribution < -0.4 is 16.2 Å². The molecule has 0 bridgehead atoms. The van der Waals surface area contributed by atoms with Gasteiger partial charge in [0.1, 0.15) is 5.75 Å². The van der Waals surface area contributed by atoms with E-state index in [1.54, 1.807) is 18.2 Å². The molecule has 0 aliphatic carbocycles. The summed E-state index contributed by atoms with van der Waals surface area (Å²) in [6, 6.07) is 6.48. The highest BCUT2D eigenvalue weighted by Crippen LogP contribution is 2.30. The maximum atomic E-state index is 11.4. The zero-order valence-corrected chi connectivity index (χ0v) is 8.78. The van der Waals surface area contributed by atoms with Crippen molar-refractivity contribution in [1.29, 1.82) is 0 Å². The summed E-state index contributed by atoms with van der Waals surface area (Å²) < 4.78 is 0. The molecule has 2 N–H and O–H groups in total. The average Bonchev–Trinajstić information content (AvgIpc) is 2.30. The van der Waals surface area contributed by atoms with Crippen molar-refractivity contribution >= 4 is 5.69 Å². The van der Waals surface area contributed by atoms with E-state index in [4.69, 9.17) is 0 Å². The Kier molecular flexibility index (Phi) is 2.48. The fourth-order valence-corrected chi connectivity index (χ4v) is 1.68. The molecule has 0 unspecified atom stereocenters.